The fraction of sp³-hybridized carbons (Fsp3) is 0.250. The van der Waals surface area contributed by atoms with Gasteiger partial charge in [0.1, 0.15) is 11.5 Å². The van der Waals surface area contributed by atoms with Crippen molar-refractivity contribution in [1.82, 2.24) is 4.57 Å². The van der Waals surface area contributed by atoms with E-state index in [1.807, 2.05) is 30.5 Å². The zero-order valence-corrected chi connectivity index (χ0v) is 14.5. The van der Waals surface area contributed by atoms with E-state index in [0.717, 1.165) is 11.3 Å². The molecule has 5 heteroatoms. The molecule has 0 saturated heterocycles. The highest BCUT2D eigenvalue weighted by Gasteiger charge is 2.24. The Labute approximate surface area is 146 Å². The summed E-state index contributed by atoms with van der Waals surface area (Å²) in [6, 6.07) is 12.2. The van der Waals surface area contributed by atoms with E-state index in [1.165, 1.54) is 6.92 Å². The van der Waals surface area contributed by atoms with Crippen LogP contribution in [0, 0.1) is 0 Å². The molecule has 1 aromatic heterocycles. The van der Waals surface area contributed by atoms with Crippen LogP contribution >= 0.6 is 0 Å². The highest BCUT2D eigenvalue weighted by molar-refractivity contribution is 5.94. The van der Waals surface area contributed by atoms with Crippen LogP contribution in [0.2, 0.25) is 0 Å². The summed E-state index contributed by atoms with van der Waals surface area (Å²) in [7, 11) is 0. The van der Waals surface area contributed by atoms with Gasteiger partial charge in [0.15, 0.2) is 5.75 Å². The molecule has 0 amide bonds. The van der Waals surface area contributed by atoms with Gasteiger partial charge in [-0.05, 0) is 35.7 Å². The molecule has 3 rings (SSSR count). The summed E-state index contributed by atoms with van der Waals surface area (Å²) < 4.78 is 7.44. The molecule has 0 radical (unpaired) electrons. The third-order valence-electron chi connectivity index (χ3n) is 4.10. The summed E-state index contributed by atoms with van der Waals surface area (Å²) in [4.78, 5) is 11.6. The summed E-state index contributed by atoms with van der Waals surface area (Å²) in [5.74, 6) is 0.455. The Kier molecular flexibility index (Phi) is 4.40. The average molecular weight is 339 g/mol. The van der Waals surface area contributed by atoms with Gasteiger partial charge in [-0.15, -0.1) is 0 Å². The molecule has 0 aliphatic heterocycles. The predicted molar refractivity (Wildman–Crippen MR) is 96.2 cm³/mol. The number of aromatic nitrogens is 1. The van der Waals surface area contributed by atoms with Gasteiger partial charge < -0.3 is 19.5 Å². The molecular formula is C20H21NO4. The molecule has 5 nitrogen and oxygen atoms in total. The number of hydrogen-bond donors (Lipinski definition) is 2. The number of aromatic hydroxyl groups is 2. The van der Waals surface area contributed by atoms with E-state index in [4.69, 9.17) is 4.74 Å². The van der Waals surface area contributed by atoms with Crippen molar-refractivity contribution in [3.8, 4) is 17.2 Å². The van der Waals surface area contributed by atoms with Crippen LogP contribution in [-0.4, -0.2) is 20.7 Å². The van der Waals surface area contributed by atoms with Crippen LogP contribution in [0.1, 0.15) is 37.9 Å². The van der Waals surface area contributed by atoms with Gasteiger partial charge in [-0.1, -0.05) is 32.0 Å². The molecule has 0 unspecified atom stereocenters. The number of para-hydroxylation sites is 1. The maximum atomic E-state index is 11.6. The first-order chi connectivity index (χ1) is 11.9. The van der Waals surface area contributed by atoms with E-state index in [0.29, 0.717) is 23.2 Å². The molecule has 0 aliphatic carbocycles. The van der Waals surface area contributed by atoms with Gasteiger partial charge in [0, 0.05) is 18.9 Å². The van der Waals surface area contributed by atoms with Crippen molar-refractivity contribution in [1.29, 1.82) is 0 Å². The number of phenols is 2. The lowest BCUT2D eigenvalue weighted by atomic mass is 10.1. The van der Waals surface area contributed by atoms with Crippen molar-refractivity contribution in [3.63, 3.8) is 0 Å². The van der Waals surface area contributed by atoms with Crippen LogP contribution in [0.5, 0.6) is 17.2 Å². The van der Waals surface area contributed by atoms with E-state index < -0.39 is 5.97 Å². The maximum Gasteiger partial charge on any atom is 0.308 e. The summed E-state index contributed by atoms with van der Waals surface area (Å²) in [5.41, 5.74) is 2.33. The molecule has 0 bridgehead atoms. The Morgan fingerprint density at radius 3 is 2.52 bits per heavy atom. The van der Waals surface area contributed by atoms with Gasteiger partial charge >= 0.3 is 5.97 Å². The molecule has 0 atom stereocenters. The summed E-state index contributed by atoms with van der Waals surface area (Å²) in [5, 5.41) is 20.9. The number of nitrogens with zero attached hydrogens (tertiary/aromatic N) is 1. The number of hydrogen-bond acceptors (Lipinski definition) is 4. The molecule has 2 aromatic carbocycles. The molecule has 1 heterocycles. The lowest BCUT2D eigenvalue weighted by Gasteiger charge is -2.15. The molecule has 0 aliphatic rings. The number of ether oxygens (including phenoxy) is 1. The molecule has 2 N–H and O–H groups in total. The van der Waals surface area contributed by atoms with Gasteiger partial charge in [0.05, 0.1) is 11.2 Å². The third kappa shape index (κ3) is 3.18. The van der Waals surface area contributed by atoms with Crippen molar-refractivity contribution >= 4 is 16.9 Å². The second-order valence-corrected chi connectivity index (χ2v) is 6.39. The number of carbonyl (C=O) groups is 1. The summed E-state index contributed by atoms with van der Waals surface area (Å²) >= 11 is 0. The predicted octanol–water partition coefficient (Wildman–Crippen LogP) is 4.15. The van der Waals surface area contributed by atoms with Crippen LogP contribution < -0.4 is 4.74 Å². The van der Waals surface area contributed by atoms with Gasteiger partial charge in [-0.3, -0.25) is 4.79 Å². The van der Waals surface area contributed by atoms with E-state index >= 15 is 0 Å². The van der Waals surface area contributed by atoms with Crippen molar-refractivity contribution in [2.75, 3.05) is 0 Å². The number of phenolic OH excluding ortho intramolecular Hbond substituents is 2. The fourth-order valence-corrected chi connectivity index (χ4v) is 3.21. The highest BCUT2D eigenvalue weighted by atomic mass is 16.5. The van der Waals surface area contributed by atoms with Crippen LogP contribution in [0.25, 0.3) is 10.9 Å². The second-order valence-electron chi connectivity index (χ2n) is 6.39. The molecule has 0 spiro atoms. The Balaban J connectivity index is 2.28. The quantitative estimate of drug-likeness (QED) is 0.701. The molecule has 25 heavy (non-hydrogen) atoms. The first kappa shape index (κ1) is 16.9. The molecule has 0 saturated carbocycles. The first-order valence-electron chi connectivity index (χ1n) is 8.19. The smallest absolute Gasteiger partial charge is 0.308 e. The molecule has 3 aromatic rings. The van der Waals surface area contributed by atoms with Crippen molar-refractivity contribution < 1.29 is 19.7 Å². The minimum atomic E-state index is -0.401. The highest BCUT2D eigenvalue weighted by Crippen LogP contribution is 2.41. The number of benzene rings is 2. The van der Waals surface area contributed by atoms with Crippen LogP contribution in [-0.2, 0) is 11.3 Å². The van der Waals surface area contributed by atoms with Crippen LogP contribution in [0.15, 0.2) is 42.5 Å². The fourth-order valence-electron chi connectivity index (χ4n) is 3.21. The number of rotatable bonds is 4. The standard InChI is InChI=1S/C20H21NO4/c1-12(2)18-20(25-13(3)22)16-8-5-9-17(24)19(16)21(18)11-14-6-4-7-15(23)10-14/h4-10,12,23-24H,11H2,1-3H3. The van der Waals surface area contributed by atoms with E-state index in [1.54, 1.807) is 30.3 Å². The van der Waals surface area contributed by atoms with Crippen LogP contribution in [0.4, 0.5) is 0 Å². The largest absolute Gasteiger partial charge is 0.508 e. The Hall–Kier alpha value is -2.95. The lowest BCUT2D eigenvalue weighted by Crippen LogP contribution is -2.09. The summed E-state index contributed by atoms with van der Waals surface area (Å²) in [6.07, 6.45) is 0. The second kappa shape index (κ2) is 6.51. The van der Waals surface area contributed by atoms with Gasteiger partial charge in [0.25, 0.3) is 0 Å². The van der Waals surface area contributed by atoms with Gasteiger partial charge in [-0.25, -0.2) is 0 Å². The Morgan fingerprint density at radius 1 is 1.16 bits per heavy atom. The van der Waals surface area contributed by atoms with Gasteiger partial charge in [0.2, 0.25) is 0 Å². The van der Waals surface area contributed by atoms with E-state index in [-0.39, 0.29) is 17.4 Å². The minimum Gasteiger partial charge on any atom is -0.508 e. The lowest BCUT2D eigenvalue weighted by molar-refractivity contribution is -0.131. The Morgan fingerprint density at radius 2 is 1.88 bits per heavy atom. The normalized spacial score (nSPS) is 11.2. The number of fused-ring (bicyclic) bond motifs is 1. The first-order valence-corrected chi connectivity index (χ1v) is 8.19. The maximum absolute atomic E-state index is 11.6. The SMILES string of the molecule is CC(=O)Oc1c(C(C)C)n(Cc2cccc(O)c2)c2c(O)cccc12. The Bertz CT molecular complexity index is 940. The van der Waals surface area contributed by atoms with Crippen molar-refractivity contribution in [3.05, 3.63) is 53.7 Å². The van der Waals surface area contributed by atoms with Crippen molar-refractivity contribution in [2.24, 2.45) is 0 Å². The zero-order chi connectivity index (χ0) is 18.1. The topological polar surface area (TPSA) is 71.7 Å². The van der Waals surface area contributed by atoms with Gasteiger partial charge in [-0.2, -0.15) is 0 Å². The molecule has 0 fully saturated rings. The number of esters is 1. The van der Waals surface area contributed by atoms with Crippen LogP contribution in [0.3, 0.4) is 0 Å². The molecular weight excluding hydrogens is 318 g/mol. The monoisotopic (exact) mass is 339 g/mol. The average Bonchev–Trinajstić information content (AvgIpc) is 2.82. The van der Waals surface area contributed by atoms with E-state index in [2.05, 4.69) is 0 Å². The zero-order valence-electron chi connectivity index (χ0n) is 14.5. The van der Waals surface area contributed by atoms with E-state index in [9.17, 15) is 15.0 Å². The minimum absolute atomic E-state index is 0.0680. The van der Waals surface area contributed by atoms with Crippen molar-refractivity contribution in [2.45, 2.75) is 33.2 Å². The summed E-state index contributed by atoms with van der Waals surface area (Å²) in [6.45, 7) is 5.83. The third-order valence-corrected chi connectivity index (χ3v) is 4.10. The number of carbonyl (C=O) groups excluding carboxylic acids is 1. The molecule has 130 valence electrons.